The lowest BCUT2D eigenvalue weighted by atomic mass is 10.2. The number of halogens is 1. The number of aliphatic imine (C=N–C) groups is 1. The van der Waals surface area contributed by atoms with Crippen LogP contribution in [-0.2, 0) is 4.79 Å². The van der Waals surface area contributed by atoms with Gasteiger partial charge in [-0.1, -0.05) is 29.3 Å². The highest BCUT2D eigenvalue weighted by Crippen LogP contribution is 2.34. The largest absolute Gasteiger partial charge is 0.457 e. The maximum Gasteiger partial charge on any atom is 0.266 e. The van der Waals surface area contributed by atoms with Gasteiger partial charge in [0, 0.05) is 23.7 Å². The highest BCUT2D eigenvalue weighted by atomic mass is 35.5. The van der Waals surface area contributed by atoms with E-state index < -0.39 is 0 Å². The van der Waals surface area contributed by atoms with Crippen molar-refractivity contribution in [3.8, 4) is 11.3 Å². The van der Waals surface area contributed by atoms with Crippen LogP contribution in [0.1, 0.15) is 11.3 Å². The fourth-order valence-electron chi connectivity index (χ4n) is 2.71. The zero-order chi connectivity index (χ0) is 19.7. The molecule has 1 fully saturated rings. The summed E-state index contributed by atoms with van der Waals surface area (Å²) >= 11 is 7.27. The first kappa shape index (κ1) is 18.6. The first-order valence-corrected chi connectivity index (χ1v) is 9.88. The van der Waals surface area contributed by atoms with Gasteiger partial charge in [-0.15, -0.1) is 0 Å². The number of hydrogen-bond donors (Lipinski definition) is 0. The molecule has 6 heteroatoms. The second-order valence-electron chi connectivity index (χ2n) is 6.41. The Hall–Kier alpha value is -2.76. The van der Waals surface area contributed by atoms with E-state index in [4.69, 9.17) is 16.0 Å². The fraction of sp³-hybridized carbons (Fsp3) is 0.0909. The summed E-state index contributed by atoms with van der Waals surface area (Å²) in [5.74, 6) is 1.24. The van der Waals surface area contributed by atoms with Crippen molar-refractivity contribution in [3.63, 3.8) is 0 Å². The van der Waals surface area contributed by atoms with E-state index in [1.165, 1.54) is 17.3 Å². The minimum atomic E-state index is -0.0969. The summed E-state index contributed by atoms with van der Waals surface area (Å²) < 4.78 is 5.88. The van der Waals surface area contributed by atoms with Gasteiger partial charge in [0.1, 0.15) is 11.5 Å². The quantitative estimate of drug-likeness (QED) is 0.489. The molecule has 0 spiro atoms. The van der Waals surface area contributed by atoms with Crippen LogP contribution in [0.4, 0.5) is 5.69 Å². The van der Waals surface area contributed by atoms with Crippen molar-refractivity contribution in [2.45, 2.75) is 6.92 Å². The van der Waals surface area contributed by atoms with Gasteiger partial charge in [-0.2, -0.15) is 0 Å². The molecule has 1 amide bonds. The van der Waals surface area contributed by atoms with E-state index in [1.807, 2.05) is 67.6 Å². The van der Waals surface area contributed by atoms with Gasteiger partial charge in [0.25, 0.3) is 5.91 Å². The molecule has 3 aromatic rings. The average Bonchev–Trinajstić information content (AvgIpc) is 3.25. The van der Waals surface area contributed by atoms with Crippen LogP contribution in [0.15, 0.2) is 75.0 Å². The average molecular weight is 409 g/mol. The molecule has 1 saturated heterocycles. The number of aryl methyl sites for hydroxylation is 1. The molecule has 0 radical (unpaired) electrons. The van der Waals surface area contributed by atoms with Gasteiger partial charge in [-0.3, -0.25) is 9.69 Å². The summed E-state index contributed by atoms with van der Waals surface area (Å²) in [4.78, 5) is 19.3. The fourth-order valence-corrected chi connectivity index (χ4v) is 3.80. The number of rotatable bonds is 3. The molecule has 0 atom stereocenters. The number of likely N-dealkylation sites (N-methyl/N-ethyl adjacent to an activating group) is 1. The van der Waals surface area contributed by atoms with Crippen LogP contribution in [0.25, 0.3) is 17.4 Å². The van der Waals surface area contributed by atoms with Crippen molar-refractivity contribution in [2.24, 2.45) is 4.99 Å². The summed E-state index contributed by atoms with van der Waals surface area (Å²) in [6.07, 6.45) is 1.75. The predicted molar refractivity (Wildman–Crippen MR) is 116 cm³/mol. The maximum absolute atomic E-state index is 12.6. The van der Waals surface area contributed by atoms with Crippen molar-refractivity contribution in [2.75, 3.05) is 7.05 Å². The molecule has 2 aromatic carbocycles. The van der Waals surface area contributed by atoms with Gasteiger partial charge in [-0.25, -0.2) is 4.99 Å². The van der Waals surface area contributed by atoms with Crippen LogP contribution in [0.5, 0.6) is 0 Å². The van der Waals surface area contributed by atoms with Crippen LogP contribution in [-0.4, -0.2) is 23.0 Å². The molecule has 1 aliphatic heterocycles. The molecule has 0 N–H and O–H groups in total. The second kappa shape index (κ2) is 7.70. The first-order valence-electron chi connectivity index (χ1n) is 8.68. The minimum Gasteiger partial charge on any atom is -0.457 e. The van der Waals surface area contributed by atoms with E-state index in [1.54, 1.807) is 18.0 Å². The minimum absolute atomic E-state index is 0.0969. The normalized spacial score (nSPS) is 17.1. The molecular weight excluding hydrogens is 392 g/mol. The van der Waals surface area contributed by atoms with Gasteiger partial charge in [0.2, 0.25) is 0 Å². The van der Waals surface area contributed by atoms with Crippen LogP contribution in [0, 0.1) is 6.92 Å². The van der Waals surface area contributed by atoms with Crippen LogP contribution >= 0.6 is 23.4 Å². The number of hydrogen-bond acceptors (Lipinski definition) is 4. The molecular formula is C22H17ClN2O2S. The van der Waals surface area contributed by atoms with Gasteiger partial charge < -0.3 is 4.42 Å². The Bertz CT molecular complexity index is 1080. The van der Waals surface area contributed by atoms with Crippen molar-refractivity contribution in [3.05, 3.63) is 81.9 Å². The lowest BCUT2D eigenvalue weighted by molar-refractivity contribution is -0.121. The van der Waals surface area contributed by atoms with E-state index in [9.17, 15) is 4.79 Å². The first-order chi connectivity index (χ1) is 13.5. The van der Waals surface area contributed by atoms with Crippen LogP contribution in [0.3, 0.4) is 0 Å². The molecule has 2 heterocycles. The summed E-state index contributed by atoms with van der Waals surface area (Å²) in [5.41, 5.74) is 2.91. The van der Waals surface area contributed by atoms with Crippen molar-refractivity contribution in [1.82, 2.24) is 4.90 Å². The Kier molecular flexibility index (Phi) is 5.11. The third-order valence-corrected chi connectivity index (χ3v) is 5.60. The van der Waals surface area contributed by atoms with E-state index in [0.717, 1.165) is 17.0 Å². The monoisotopic (exact) mass is 408 g/mol. The number of thioether (sulfide) groups is 1. The molecule has 4 rings (SSSR count). The standard InChI is InChI=1S/C22H17ClN2O2S/c1-14-3-9-17(10-4-14)24-22-25(2)21(26)20(28-22)13-18-11-12-19(27-18)15-5-7-16(23)8-6-15/h3-13H,1-2H3/b20-13-,24-22+. The van der Waals surface area contributed by atoms with Gasteiger partial charge in [0.05, 0.1) is 10.6 Å². The molecule has 0 aliphatic carbocycles. The highest BCUT2D eigenvalue weighted by molar-refractivity contribution is 8.18. The van der Waals surface area contributed by atoms with E-state index in [2.05, 4.69) is 4.99 Å². The lowest BCUT2D eigenvalue weighted by Crippen LogP contribution is -2.23. The molecule has 140 valence electrons. The Morgan fingerprint density at radius 1 is 1.04 bits per heavy atom. The Morgan fingerprint density at radius 2 is 1.75 bits per heavy atom. The maximum atomic E-state index is 12.6. The predicted octanol–water partition coefficient (Wildman–Crippen LogP) is 6.14. The van der Waals surface area contributed by atoms with Gasteiger partial charge >= 0.3 is 0 Å². The summed E-state index contributed by atoms with van der Waals surface area (Å²) in [6, 6.07) is 19.0. The van der Waals surface area contributed by atoms with E-state index in [-0.39, 0.29) is 5.91 Å². The Morgan fingerprint density at radius 3 is 2.46 bits per heavy atom. The molecule has 0 saturated carbocycles. The third kappa shape index (κ3) is 3.91. The van der Waals surface area contributed by atoms with Gasteiger partial charge in [-0.05, 0) is 67.2 Å². The molecule has 0 unspecified atom stereocenters. The zero-order valence-corrected chi connectivity index (χ0v) is 16.9. The highest BCUT2D eigenvalue weighted by Gasteiger charge is 2.30. The Balaban J connectivity index is 1.57. The van der Waals surface area contributed by atoms with Crippen LogP contribution in [0.2, 0.25) is 5.02 Å². The molecule has 4 nitrogen and oxygen atoms in total. The van der Waals surface area contributed by atoms with Crippen LogP contribution < -0.4 is 0 Å². The zero-order valence-electron chi connectivity index (χ0n) is 15.3. The number of furan rings is 1. The van der Waals surface area contributed by atoms with Gasteiger partial charge in [0.15, 0.2) is 5.17 Å². The smallest absolute Gasteiger partial charge is 0.266 e. The summed E-state index contributed by atoms with van der Waals surface area (Å²) in [7, 11) is 1.73. The van der Waals surface area contributed by atoms with Crippen molar-refractivity contribution >= 4 is 46.2 Å². The lowest BCUT2D eigenvalue weighted by Gasteiger charge is -2.07. The van der Waals surface area contributed by atoms with E-state index in [0.29, 0.717) is 20.9 Å². The number of nitrogens with zero attached hydrogens (tertiary/aromatic N) is 2. The molecule has 1 aromatic heterocycles. The number of carbonyl (C=O) groups is 1. The van der Waals surface area contributed by atoms with Crippen molar-refractivity contribution in [1.29, 1.82) is 0 Å². The third-order valence-electron chi connectivity index (χ3n) is 4.29. The Labute approximate surface area is 172 Å². The number of amides is 1. The van der Waals surface area contributed by atoms with Crippen molar-refractivity contribution < 1.29 is 9.21 Å². The summed E-state index contributed by atoms with van der Waals surface area (Å²) in [6.45, 7) is 2.03. The molecule has 28 heavy (non-hydrogen) atoms. The summed E-state index contributed by atoms with van der Waals surface area (Å²) in [5, 5.41) is 1.32. The SMILES string of the molecule is Cc1ccc(/N=C2/S/C(=C\c3ccc(-c4ccc(Cl)cc4)o3)C(=O)N2C)cc1. The van der Waals surface area contributed by atoms with E-state index >= 15 is 0 Å². The molecule has 0 bridgehead atoms. The number of benzene rings is 2. The number of carbonyl (C=O) groups excluding carboxylic acids is 1. The second-order valence-corrected chi connectivity index (χ2v) is 7.86. The topological polar surface area (TPSA) is 45.8 Å². The molecule has 1 aliphatic rings. The number of amidine groups is 1.